The molecule has 1 unspecified atom stereocenters. The summed E-state index contributed by atoms with van der Waals surface area (Å²) in [6.07, 6.45) is 0.121. The molecule has 0 aliphatic carbocycles. The lowest BCUT2D eigenvalue weighted by atomic mass is 10.0. The van der Waals surface area contributed by atoms with Gasteiger partial charge in [0.15, 0.2) is 0 Å². The van der Waals surface area contributed by atoms with Crippen LogP contribution in [-0.2, 0) is 0 Å². The van der Waals surface area contributed by atoms with E-state index in [-0.39, 0.29) is 0 Å². The Morgan fingerprint density at radius 3 is 2.71 bits per heavy atom. The molecular weight excluding hydrogens is 178 g/mol. The van der Waals surface area contributed by atoms with E-state index in [1.165, 1.54) is 0 Å². The van der Waals surface area contributed by atoms with Crippen LogP contribution in [-0.4, -0.2) is 18.8 Å². The number of methoxy groups -OCH3 is 1. The van der Waals surface area contributed by atoms with E-state index in [2.05, 4.69) is 0 Å². The van der Waals surface area contributed by atoms with Crippen LogP contribution < -0.4 is 10.5 Å². The molecule has 3 N–H and O–H groups in total. The Morgan fingerprint density at radius 1 is 1.50 bits per heavy atom. The van der Waals surface area contributed by atoms with Crippen molar-refractivity contribution in [2.24, 2.45) is 5.73 Å². The molecule has 1 rings (SSSR count). The molecule has 0 saturated heterocycles. The van der Waals surface area contributed by atoms with Crippen molar-refractivity contribution in [1.29, 1.82) is 0 Å². The summed E-state index contributed by atoms with van der Waals surface area (Å²) in [5, 5.41) is 9.69. The molecule has 0 saturated carbocycles. The highest BCUT2D eigenvalue weighted by Crippen LogP contribution is 2.23. The van der Waals surface area contributed by atoms with Crippen molar-refractivity contribution in [2.75, 3.05) is 13.7 Å². The summed E-state index contributed by atoms with van der Waals surface area (Å²) in [6.45, 7) is 2.45. The molecule has 0 aliphatic heterocycles. The Labute approximate surface area is 84.5 Å². The summed E-state index contributed by atoms with van der Waals surface area (Å²) in [4.78, 5) is 0. The molecule has 1 atom stereocenters. The fourth-order valence-corrected chi connectivity index (χ4v) is 1.43. The SMILES string of the molecule is COc1ccc(C(O)CCN)cc1C. The number of aliphatic hydroxyl groups is 1. The van der Waals surface area contributed by atoms with Gasteiger partial charge in [0.25, 0.3) is 0 Å². The summed E-state index contributed by atoms with van der Waals surface area (Å²) in [5.41, 5.74) is 7.30. The molecule has 3 nitrogen and oxygen atoms in total. The highest BCUT2D eigenvalue weighted by atomic mass is 16.5. The second kappa shape index (κ2) is 4.98. The van der Waals surface area contributed by atoms with E-state index in [0.717, 1.165) is 16.9 Å². The average Bonchev–Trinajstić information content (AvgIpc) is 2.18. The summed E-state index contributed by atoms with van der Waals surface area (Å²) < 4.78 is 5.13. The largest absolute Gasteiger partial charge is 0.496 e. The molecule has 3 heteroatoms. The molecule has 0 heterocycles. The molecule has 1 aromatic carbocycles. The summed E-state index contributed by atoms with van der Waals surface area (Å²) >= 11 is 0. The van der Waals surface area contributed by atoms with Gasteiger partial charge in [-0.1, -0.05) is 6.07 Å². The number of aliphatic hydroxyl groups excluding tert-OH is 1. The Hall–Kier alpha value is -1.06. The Morgan fingerprint density at radius 2 is 2.21 bits per heavy atom. The first-order valence-electron chi connectivity index (χ1n) is 4.71. The summed E-state index contributed by atoms with van der Waals surface area (Å²) in [6, 6.07) is 5.66. The topological polar surface area (TPSA) is 55.5 Å². The lowest BCUT2D eigenvalue weighted by molar-refractivity contribution is 0.170. The van der Waals surface area contributed by atoms with Crippen LogP contribution in [0.4, 0.5) is 0 Å². The average molecular weight is 195 g/mol. The minimum atomic E-state index is -0.468. The van der Waals surface area contributed by atoms with E-state index in [9.17, 15) is 5.11 Å². The fourth-order valence-electron chi connectivity index (χ4n) is 1.43. The van der Waals surface area contributed by atoms with Gasteiger partial charge in [-0.3, -0.25) is 0 Å². The van der Waals surface area contributed by atoms with Crippen LogP contribution in [0, 0.1) is 6.92 Å². The second-order valence-corrected chi connectivity index (χ2v) is 3.32. The molecule has 0 amide bonds. The number of hydrogen-bond donors (Lipinski definition) is 2. The van der Waals surface area contributed by atoms with Gasteiger partial charge in [0.05, 0.1) is 13.2 Å². The van der Waals surface area contributed by atoms with Crippen LogP contribution in [0.5, 0.6) is 5.75 Å². The van der Waals surface area contributed by atoms with Gasteiger partial charge < -0.3 is 15.6 Å². The minimum Gasteiger partial charge on any atom is -0.496 e. The van der Waals surface area contributed by atoms with Crippen molar-refractivity contribution in [3.05, 3.63) is 29.3 Å². The van der Waals surface area contributed by atoms with E-state index in [1.807, 2.05) is 25.1 Å². The third-order valence-electron chi connectivity index (χ3n) is 2.24. The maximum atomic E-state index is 9.69. The normalized spacial score (nSPS) is 12.6. The van der Waals surface area contributed by atoms with E-state index in [4.69, 9.17) is 10.5 Å². The number of rotatable bonds is 4. The Balaban J connectivity index is 2.85. The molecular formula is C11H17NO2. The minimum absolute atomic E-state index is 0.468. The first-order valence-corrected chi connectivity index (χ1v) is 4.71. The van der Waals surface area contributed by atoms with Crippen molar-refractivity contribution in [3.8, 4) is 5.75 Å². The first-order chi connectivity index (χ1) is 6.69. The van der Waals surface area contributed by atoms with Gasteiger partial charge in [0, 0.05) is 0 Å². The zero-order chi connectivity index (χ0) is 10.6. The fraction of sp³-hybridized carbons (Fsp3) is 0.455. The number of ether oxygens (including phenoxy) is 1. The molecule has 0 aliphatic rings. The van der Waals surface area contributed by atoms with Crippen LogP contribution >= 0.6 is 0 Å². The van der Waals surface area contributed by atoms with Crippen LogP contribution in [0.25, 0.3) is 0 Å². The van der Waals surface area contributed by atoms with Gasteiger partial charge in [-0.05, 0) is 43.1 Å². The van der Waals surface area contributed by atoms with Crippen LogP contribution in [0.3, 0.4) is 0 Å². The number of aryl methyl sites for hydroxylation is 1. The van der Waals surface area contributed by atoms with Crippen molar-refractivity contribution in [2.45, 2.75) is 19.4 Å². The first kappa shape index (κ1) is 11.0. The standard InChI is InChI=1S/C11H17NO2/c1-8-7-9(10(13)5-6-12)3-4-11(8)14-2/h3-4,7,10,13H,5-6,12H2,1-2H3. The molecule has 0 aromatic heterocycles. The zero-order valence-electron chi connectivity index (χ0n) is 8.66. The molecule has 0 spiro atoms. The van der Waals surface area contributed by atoms with Crippen molar-refractivity contribution in [3.63, 3.8) is 0 Å². The number of nitrogens with two attached hydrogens (primary N) is 1. The lowest BCUT2D eigenvalue weighted by Gasteiger charge is -2.12. The number of hydrogen-bond acceptors (Lipinski definition) is 3. The summed E-state index contributed by atoms with van der Waals surface area (Å²) in [7, 11) is 1.64. The Kier molecular flexibility index (Phi) is 3.92. The van der Waals surface area contributed by atoms with Crippen molar-refractivity contribution >= 4 is 0 Å². The van der Waals surface area contributed by atoms with Gasteiger partial charge in [-0.25, -0.2) is 0 Å². The van der Waals surface area contributed by atoms with Crippen LogP contribution in [0.15, 0.2) is 18.2 Å². The molecule has 0 fully saturated rings. The molecule has 1 aromatic rings. The van der Waals surface area contributed by atoms with E-state index >= 15 is 0 Å². The predicted octanol–water partition coefficient (Wildman–Crippen LogP) is 1.39. The molecule has 78 valence electrons. The molecule has 0 bridgehead atoms. The van der Waals surface area contributed by atoms with E-state index < -0.39 is 6.10 Å². The number of benzene rings is 1. The third kappa shape index (κ3) is 2.47. The van der Waals surface area contributed by atoms with Gasteiger partial charge in [0.2, 0.25) is 0 Å². The van der Waals surface area contributed by atoms with Gasteiger partial charge in [-0.15, -0.1) is 0 Å². The highest BCUT2D eigenvalue weighted by molar-refractivity contribution is 5.36. The van der Waals surface area contributed by atoms with Crippen molar-refractivity contribution in [1.82, 2.24) is 0 Å². The lowest BCUT2D eigenvalue weighted by Crippen LogP contribution is -2.06. The van der Waals surface area contributed by atoms with E-state index in [0.29, 0.717) is 13.0 Å². The van der Waals surface area contributed by atoms with Crippen molar-refractivity contribution < 1.29 is 9.84 Å². The summed E-state index contributed by atoms with van der Waals surface area (Å²) in [5.74, 6) is 0.841. The predicted molar refractivity (Wildman–Crippen MR) is 56.4 cm³/mol. The van der Waals surface area contributed by atoms with Gasteiger partial charge in [-0.2, -0.15) is 0 Å². The third-order valence-corrected chi connectivity index (χ3v) is 2.24. The highest BCUT2D eigenvalue weighted by Gasteiger charge is 2.07. The second-order valence-electron chi connectivity index (χ2n) is 3.32. The Bertz CT molecular complexity index is 299. The van der Waals surface area contributed by atoms with Crippen LogP contribution in [0.2, 0.25) is 0 Å². The molecule has 0 radical (unpaired) electrons. The smallest absolute Gasteiger partial charge is 0.121 e. The quantitative estimate of drug-likeness (QED) is 0.763. The van der Waals surface area contributed by atoms with Gasteiger partial charge >= 0.3 is 0 Å². The van der Waals surface area contributed by atoms with Gasteiger partial charge in [0.1, 0.15) is 5.75 Å². The monoisotopic (exact) mass is 195 g/mol. The molecule has 14 heavy (non-hydrogen) atoms. The van der Waals surface area contributed by atoms with Crippen LogP contribution in [0.1, 0.15) is 23.7 Å². The van der Waals surface area contributed by atoms with E-state index in [1.54, 1.807) is 7.11 Å². The maximum Gasteiger partial charge on any atom is 0.121 e. The zero-order valence-corrected chi connectivity index (χ0v) is 8.66. The maximum absolute atomic E-state index is 9.69.